The van der Waals surface area contributed by atoms with Gasteiger partial charge in [0.1, 0.15) is 18.9 Å². The molecule has 0 bridgehead atoms. The summed E-state index contributed by atoms with van der Waals surface area (Å²) in [6, 6.07) is 5.50. The van der Waals surface area contributed by atoms with Gasteiger partial charge in [-0.2, -0.15) is 0 Å². The lowest BCUT2D eigenvalue weighted by Crippen LogP contribution is -2.43. The highest BCUT2D eigenvalue weighted by atomic mass is 32.2. The highest BCUT2D eigenvalue weighted by Gasteiger charge is 2.17. The standard InChI is InChI=1S/C24H37N3O3S/c1-26(22(20-30)9-7-16-28)18-23-21(19-29)8-6-10-24(23)31-17-5-3-2-4-13-27-14-11-25-12-15-27/h6,8,10,16,19-20,22,25H,2-5,7,9,11-15,17-18H2,1H3. The molecule has 1 N–H and O–H groups in total. The van der Waals surface area contributed by atoms with Crippen molar-refractivity contribution >= 4 is 30.6 Å². The minimum Gasteiger partial charge on any atom is -0.314 e. The lowest BCUT2D eigenvalue weighted by molar-refractivity contribution is -0.113. The number of nitrogens with zero attached hydrogens (tertiary/aromatic N) is 2. The Hall–Kier alpha value is -1.54. The van der Waals surface area contributed by atoms with Crippen molar-refractivity contribution in [2.24, 2.45) is 0 Å². The molecule has 0 spiro atoms. The number of piperazine rings is 1. The molecule has 2 rings (SSSR count). The average molecular weight is 448 g/mol. The van der Waals surface area contributed by atoms with E-state index in [2.05, 4.69) is 16.3 Å². The molecule has 172 valence electrons. The van der Waals surface area contributed by atoms with Crippen LogP contribution in [0.5, 0.6) is 0 Å². The maximum absolute atomic E-state index is 11.6. The van der Waals surface area contributed by atoms with Crippen molar-refractivity contribution < 1.29 is 14.4 Å². The fourth-order valence-corrected chi connectivity index (χ4v) is 5.00. The van der Waals surface area contributed by atoms with Gasteiger partial charge >= 0.3 is 0 Å². The number of hydrogen-bond donors (Lipinski definition) is 1. The van der Waals surface area contributed by atoms with Gasteiger partial charge in [-0.25, -0.2) is 0 Å². The molecule has 1 aromatic rings. The van der Waals surface area contributed by atoms with Crippen LogP contribution in [0.3, 0.4) is 0 Å². The molecule has 0 radical (unpaired) electrons. The molecule has 1 saturated heterocycles. The molecule has 1 aliphatic rings. The summed E-state index contributed by atoms with van der Waals surface area (Å²) in [6.07, 6.45) is 8.38. The molecule has 1 aliphatic heterocycles. The fraction of sp³-hybridized carbons (Fsp3) is 0.625. The van der Waals surface area contributed by atoms with Crippen LogP contribution >= 0.6 is 11.8 Å². The van der Waals surface area contributed by atoms with Crippen molar-refractivity contribution in [2.75, 3.05) is 45.5 Å². The summed E-state index contributed by atoms with van der Waals surface area (Å²) in [5, 5.41) is 3.39. The number of rotatable bonds is 16. The van der Waals surface area contributed by atoms with Crippen molar-refractivity contribution in [2.45, 2.75) is 56.0 Å². The van der Waals surface area contributed by atoms with Gasteiger partial charge in [0.05, 0.1) is 6.04 Å². The third kappa shape index (κ3) is 9.23. The number of unbranched alkanes of at least 4 members (excludes halogenated alkanes) is 3. The number of aldehydes is 3. The summed E-state index contributed by atoms with van der Waals surface area (Å²) in [5.74, 6) is 1.02. The molecule has 6 nitrogen and oxygen atoms in total. The van der Waals surface area contributed by atoms with E-state index in [0.29, 0.717) is 24.9 Å². The van der Waals surface area contributed by atoms with E-state index in [1.54, 1.807) is 11.8 Å². The molecule has 1 unspecified atom stereocenters. The number of thioether (sulfide) groups is 1. The average Bonchev–Trinajstić information content (AvgIpc) is 2.80. The summed E-state index contributed by atoms with van der Waals surface area (Å²) >= 11 is 1.79. The highest BCUT2D eigenvalue weighted by molar-refractivity contribution is 7.99. The van der Waals surface area contributed by atoms with Gasteiger partial charge in [-0.05, 0) is 50.2 Å². The van der Waals surface area contributed by atoms with E-state index < -0.39 is 0 Å². The Bertz CT molecular complexity index is 680. The third-order valence-electron chi connectivity index (χ3n) is 5.84. The zero-order valence-electron chi connectivity index (χ0n) is 18.8. The molecular weight excluding hydrogens is 410 g/mol. The van der Waals surface area contributed by atoms with Crippen molar-refractivity contribution in [3.8, 4) is 0 Å². The van der Waals surface area contributed by atoms with Crippen molar-refractivity contribution in [1.82, 2.24) is 15.1 Å². The van der Waals surface area contributed by atoms with Gasteiger partial charge in [-0.3, -0.25) is 9.69 Å². The quantitative estimate of drug-likeness (QED) is 0.237. The predicted molar refractivity (Wildman–Crippen MR) is 127 cm³/mol. The second-order valence-electron chi connectivity index (χ2n) is 8.16. The van der Waals surface area contributed by atoms with E-state index in [-0.39, 0.29) is 6.04 Å². The second kappa shape index (κ2) is 15.3. The maximum atomic E-state index is 11.6. The minimum absolute atomic E-state index is 0.321. The lowest BCUT2D eigenvalue weighted by atomic mass is 10.1. The van der Waals surface area contributed by atoms with Crippen LogP contribution in [0, 0.1) is 0 Å². The van der Waals surface area contributed by atoms with E-state index >= 15 is 0 Å². The maximum Gasteiger partial charge on any atom is 0.150 e. The summed E-state index contributed by atoms with van der Waals surface area (Å²) in [6.45, 7) is 6.27. The smallest absolute Gasteiger partial charge is 0.150 e. The summed E-state index contributed by atoms with van der Waals surface area (Å²) in [5.41, 5.74) is 1.65. The first-order valence-electron chi connectivity index (χ1n) is 11.4. The van der Waals surface area contributed by atoms with Crippen LogP contribution in [0.2, 0.25) is 0 Å². The highest BCUT2D eigenvalue weighted by Crippen LogP contribution is 2.28. The lowest BCUT2D eigenvalue weighted by Gasteiger charge is -2.27. The topological polar surface area (TPSA) is 69.7 Å². The Morgan fingerprint density at radius 2 is 1.90 bits per heavy atom. The van der Waals surface area contributed by atoms with E-state index in [1.807, 2.05) is 24.1 Å². The number of carbonyl (C=O) groups is 3. The van der Waals surface area contributed by atoms with Gasteiger partial charge in [-0.15, -0.1) is 11.8 Å². The van der Waals surface area contributed by atoms with Crippen molar-refractivity contribution in [3.63, 3.8) is 0 Å². The van der Waals surface area contributed by atoms with Gasteiger partial charge in [0, 0.05) is 49.6 Å². The van der Waals surface area contributed by atoms with Crippen molar-refractivity contribution in [1.29, 1.82) is 0 Å². The first kappa shape index (κ1) is 25.7. The van der Waals surface area contributed by atoms with Crippen molar-refractivity contribution in [3.05, 3.63) is 29.3 Å². The van der Waals surface area contributed by atoms with Crippen LogP contribution in [0.15, 0.2) is 23.1 Å². The summed E-state index contributed by atoms with van der Waals surface area (Å²) < 4.78 is 0. The Balaban J connectivity index is 1.80. The van der Waals surface area contributed by atoms with Crippen LogP contribution in [-0.2, 0) is 16.1 Å². The first-order chi connectivity index (χ1) is 15.2. The molecule has 0 aliphatic carbocycles. The van der Waals surface area contributed by atoms with Gasteiger partial charge in [-0.1, -0.05) is 25.0 Å². The van der Waals surface area contributed by atoms with Gasteiger partial charge in [0.25, 0.3) is 0 Å². The predicted octanol–water partition coefficient (Wildman–Crippen LogP) is 3.04. The van der Waals surface area contributed by atoms with Crippen LogP contribution < -0.4 is 5.32 Å². The number of carbonyl (C=O) groups excluding carboxylic acids is 3. The zero-order chi connectivity index (χ0) is 22.3. The number of nitrogens with one attached hydrogen (secondary N) is 1. The Morgan fingerprint density at radius 3 is 2.61 bits per heavy atom. The molecular formula is C24H37N3O3S. The van der Waals surface area contributed by atoms with Gasteiger partial charge in [0.2, 0.25) is 0 Å². The second-order valence-corrected chi connectivity index (χ2v) is 9.30. The largest absolute Gasteiger partial charge is 0.314 e. The van der Waals surface area contributed by atoms with E-state index in [1.165, 1.54) is 38.9 Å². The molecule has 0 saturated carbocycles. The normalized spacial score (nSPS) is 15.7. The Labute approximate surface area is 191 Å². The molecule has 1 atom stereocenters. The van der Waals surface area contributed by atoms with E-state index in [4.69, 9.17) is 0 Å². The molecule has 0 aromatic heterocycles. The van der Waals surface area contributed by atoms with Crippen LogP contribution in [0.4, 0.5) is 0 Å². The summed E-state index contributed by atoms with van der Waals surface area (Å²) in [7, 11) is 1.87. The molecule has 0 amide bonds. The van der Waals surface area contributed by atoms with Crippen LogP contribution in [-0.4, -0.2) is 80.2 Å². The molecule has 1 fully saturated rings. The molecule has 31 heavy (non-hydrogen) atoms. The SMILES string of the molecule is CN(Cc1c(C=O)cccc1SCCCCCCN1CCNCC1)C(C=O)CCC=O. The van der Waals surface area contributed by atoms with Crippen LogP contribution in [0.25, 0.3) is 0 Å². The van der Waals surface area contributed by atoms with Gasteiger partial charge < -0.3 is 19.8 Å². The Morgan fingerprint density at radius 1 is 1.13 bits per heavy atom. The van der Waals surface area contributed by atoms with Crippen LogP contribution in [0.1, 0.15) is 54.4 Å². The first-order valence-corrected chi connectivity index (χ1v) is 12.4. The van der Waals surface area contributed by atoms with E-state index in [0.717, 1.165) is 54.6 Å². The minimum atomic E-state index is -0.321. The van der Waals surface area contributed by atoms with Gasteiger partial charge in [0.15, 0.2) is 0 Å². The number of hydrogen-bond acceptors (Lipinski definition) is 7. The zero-order valence-corrected chi connectivity index (χ0v) is 19.6. The monoisotopic (exact) mass is 447 g/mol. The summed E-state index contributed by atoms with van der Waals surface area (Å²) in [4.78, 5) is 39.3. The number of benzene rings is 1. The third-order valence-corrected chi connectivity index (χ3v) is 7.03. The fourth-order valence-electron chi connectivity index (χ4n) is 3.90. The molecule has 1 heterocycles. The molecule has 1 aromatic carbocycles. The molecule has 7 heteroatoms. The van der Waals surface area contributed by atoms with E-state index in [9.17, 15) is 14.4 Å². The number of likely N-dealkylation sites (N-methyl/N-ethyl adjacent to an activating group) is 1. The Kier molecular flexibility index (Phi) is 12.7.